The van der Waals surface area contributed by atoms with Crippen LogP contribution in [0.5, 0.6) is 17.4 Å². The van der Waals surface area contributed by atoms with Gasteiger partial charge in [-0.25, -0.2) is 4.79 Å². The number of nitrogens with zero attached hydrogens (tertiary/aromatic N) is 2. The second-order valence-corrected chi connectivity index (χ2v) is 5.35. The highest BCUT2D eigenvalue weighted by molar-refractivity contribution is 6.29. The summed E-state index contributed by atoms with van der Waals surface area (Å²) < 4.78 is 11.1. The number of carbonyl (C=O) groups excluding carboxylic acids is 1. The quantitative estimate of drug-likeness (QED) is 0.656. The molecule has 0 N–H and O–H groups in total. The zero-order valence-electron chi connectivity index (χ0n) is 12.8. The number of aryl methyl sites for hydroxylation is 1. The van der Waals surface area contributed by atoms with E-state index < -0.39 is 5.97 Å². The predicted octanol–water partition coefficient (Wildman–Crippen LogP) is 4.45. The smallest absolute Gasteiger partial charge is 0.343 e. The Morgan fingerprint density at radius 2 is 1.67 bits per heavy atom. The molecule has 1 aromatic heterocycles. The number of hydrogen-bond acceptors (Lipinski definition) is 5. The Bertz CT molecular complexity index is 869. The normalized spacial score (nSPS) is 10.2. The van der Waals surface area contributed by atoms with Crippen molar-refractivity contribution in [3.8, 4) is 17.4 Å². The number of esters is 1. The number of rotatable bonds is 4. The zero-order valence-corrected chi connectivity index (χ0v) is 13.5. The van der Waals surface area contributed by atoms with Crippen LogP contribution >= 0.6 is 11.6 Å². The van der Waals surface area contributed by atoms with E-state index in [2.05, 4.69) is 10.2 Å². The molecule has 0 bridgehead atoms. The van der Waals surface area contributed by atoms with E-state index in [9.17, 15) is 4.79 Å². The maximum atomic E-state index is 12.2. The van der Waals surface area contributed by atoms with Gasteiger partial charge in [-0.1, -0.05) is 48.0 Å². The van der Waals surface area contributed by atoms with E-state index >= 15 is 0 Å². The first-order valence-corrected chi connectivity index (χ1v) is 7.55. The monoisotopic (exact) mass is 340 g/mol. The molecule has 0 unspecified atom stereocenters. The number of ether oxygens (including phenoxy) is 2. The van der Waals surface area contributed by atoms with Crippen LogP contribution in [-0.2, 0) is 0 Å². The van der Waals surface area contributed by atoms with Crippen LogP contribution in [0.2, 0.25) is 5.15 Å². The molecule has 0 fully saturated rings. The van der Waals surface area contributed by atoms with Gasteiger partial charge in [-0.15, -0.1) is 10.2 Å². The highest BCUT2D eigenvalue weighted by atomic mass is 35.5. The van der Waals surface area contributed by atoms with Gasteiger partial charge in [0.2, 0.25) is 0 Å². The van der Waals surface area contributed by atoms with E-state index in [0.29, 0.717) is 11.3 Å². The minimum atomic E-state index is -0.533. The lowest BCUT2D eigenvalue weighted by Gasteiger charge is -2.11. The molecule has 0 aliphatic rings. The van der Waals surface area contributed by atoms with Crippen molar-refractivity contribution in [2.75, 3.05) is 0 Å². The maximum absolute atomic E-state index is 12.2. The first kappa shape index (κ1) is 16.0. The summed E-state index contributed by atoms with van der Waals surface area (Å²) in [6.45, 7) is 1.90. The average molecular weight is 341 g/mol. The van der Waals surface area contributed by atoms with Gasteiger partial charge in [0.1, 0.15) is 5.75 Å². The first-order valence-electron chi connectivity index (χ1n) is 7.17. The molecule has 0 aliphatic carbocycles. The largest absolute Gasteiger partial charge is 0.435 e. The fraction of sp³-hybridized carbons (Fsp3) is 0.0556. The number of hydrogen-bond donors (Lipinski definition) is 0. The highest BCUT2D eigenvalue weighted by Crippen LogP contribution is 2.32. The summed E-state index contributed by atoms with van der Waals surface area (Å²) in [5.74, 6) is 0.227. The Hall–Kier alpha value is -2.92. The highest BCUT2D eigenvalue weighted by Gasteiger charge is 2.16. The SMILES string of the molecule is Cc1ccccc1Oc1nnc(Cl)cc1OC(=O)c1ccccc1. The van der Waals surface area contributed by atoms with Gasteiger partial charge >= 0.3 is 5.97 Å². The van der Waals surface area contributed by atoms with Gasteiger partial charge < -0.3 is 9.47 Å². The summed E-state index contributed by atoms with van der Waals surface area (Å²) in [5, 5.41) is 7.72. The van der Waals surface area contributed by atoms with Crippen LogP contribution in [0.3, 0.4) is 0 Å². The van der Waals surface area contributed by atoms with Gasteiger partial charge in [-0.05, 0) is 30.7 Å². The first-order chi connectivity index (χ1) is 11.6. The van der Waals surface area contributed by atoms with Crippen molar-refractivity contribution in [3.63, 3.8) is 0 Å². The van der Waals surface area contributed by atoms with Crippen LogP contribution in [-0.4, -0.2) is 16.2 Å². The zero-order chi connectivity index (χ0) is 16.9. The molecule has 24 heavy (non-hydrogen) atoms. The van der Waals surface area contributed by atoms with Crippen LogP contribution in [0.1, 0.15) is 15.9 Å². The molecule has 2 aromatic carbocycles. The fourth-order valence-corrected chi connectivity index (χ4v) is 2.13. The lowest BCUT2D eigenvalue weighted by molar-refractivity contribution is 0.0729. The molecule has 3 aromatic rings. The number of benzene rings is 2. The molecule has 0 amide bonds. The third-order valence-electron chi connectivity index (χ3n) is 3.21. The van der Waals surface area contributed by atoms with Crippen molar-refractivity contribution >= 4 is 17.6 Å². The van der Waals surface area contributed by atoms with E-state index in [0.717, 1.165) is 5.56 Å². The lowest BCUT2D eigenvalue weighted by Crippen LogP contribution is -2.10. The molecule has 0 saturated heterocycles. The van der Waals surface area contributed by atoms with Crippen LogP contribution in [0.4, 0.5) is 0 Å². The number of carbonyl (C=O) groups is 1. The van der Waals surface area contributed by atoms with Crippen molar-refractivity contribution < 1.29 is 14.3 Å². The molecule has 5 nitrogen and oxygen atoms in total. The van der Waals surface area contributed by atoms with E-state index in [1.807, 2.05) is 31.2 Å². The Balaban J connectivity index is 1.89. The summed E-state index contributed by atoms with van der Waals surface area (Å²) >= 11 is 5.86. The summed E-state index contributed by atoms with van der Waals surface area (Å²) in [6.07, 6.45) is 0. The molecule has 0 spiro atoms. The van der Waals surface area contributed by atoms with Gasteiger partial charge in [-0.2, -0.15) is 0 Å². The Morgan fingerprint density at radius 1 is 0.958 bits per heavy atom. The molecule has 6 heteroatoms. The Kier molecular flexibility index (Phi) is 4.72. The van der Waals surface area contributed by atoms with Gasteiger partial charge in [0.05, 0.1) is 5.56 Å². The third kappa shape index (κ3) is 3.70. The van der Waals surface area contributed by atoms with Gasteiger partial charge in [0.15, 0.2) is 10.9 Å². The summed E-state index contributed by atoms with van der Waals surface area (Å²) in [6, 6.07) is 17.4. The number of para-hydroxylation sites is 1. The fourth-order valence-electron chi connectivity index (χ4n) is 1.99. The molecule has 0 saturated carbocycles. The van der Waals surface area contributed by atoms with Crippen molar-refractivity contribution in [1.29, 1.82) is 0 Å². The molecule has 0 aliphatic heterocycles. The number of halogens is 1. The van der Waals surface area contributed by atoms with E-state index in [1.54, 1.807) is 30.3 Å². The topological polar surface area (TPSA) is 61.3 Å². The summed E-state index contributed by atoms with van der Waals surface area (Å²) in [4.78, 5) is 12.2. The van der Waals surface area contributed by atoms with Crippen LogP contribution in [0.25, 0.3) is 0 Å². The minimum Gasteiger partial charge on any atom is -0.435 e. The van der Waals surface area contributed by atoms with Gasteiger partial charge in [-0.3, -0.25) is 0 Å². The Morgan fingerprint density at radius 3 is 2.42 bits per heavy atom. The van der Waals surface area contributed by atoms with E-state index in [4.69, 9.17) is 21.1 Å². The molecular formula is C18H13ClN2O3. The maximum Gasteiger partial charge on any atom is 0.343 e. The van der Waals surface area contributed by atoms with Crippen molar-refractivity contribution in [1.82, 2.24) is 10.2 Å². The van der Waals surface area contributed by atoms with Crippen LogP contribution in [0.15, 0.2) is 60.7 Å². The van der Waals surface area contributed by atoms with Crippen LogP contribution in [0, 0.1) is 6.92 Å². The predicted molar refractivity (Wildman–Crippen MR) is 89.7 cm³/mol. The minimum absolute atomic E-state index is 0.0676. The molecule has 1 heterocycles. The second kappa shape index (κ2) is 7.10. The summed E-state index contributed by atoms with van der Waals surface area (Å²) in [7, 11) is 0. The number of aromatic nitrogens is 2. The Labute approximate surface area is 143 Å². The van der Waals surface area contributed by atoms with Crippen LogP contribution < -0.4 is 9.47 Å². The van der Waals surface area contributed by atoms with Gasteiger partial charge in [0.25, 0.3) is 5.88 Å². The summed E-state index contributed by atoms with van der Waals surface area (Å²) in [5.41, 5.74) is 1.32. The van der Waals surface area contributed by atoms with E-state index in [1.165, 1.54) is 6.07 Å². The molecule has 0 radical (unpaired) electrons. The van der Waals surface area contributed by atoms with E-state index in [-0.39, 0.29) is 16.8 Å². The van der Waals surface area contributed by atoms with Crippen molar-refractivity contribution in [3.05, 3.63) is 76.9 Å². The van der Waals surface area contributed by atoms with Crippen molar-refractivity contribution in [2.45, 2.75) is 6.92 Å². The molecule has 3 rings (SSSR count). The lowest BCUT2D eigenvalue weighted by atomic mass is 10.2. The molecular weight excluding hydrogens is 328 g/mol. The average Bonchev–Trinajstić information content (AvgIpc) is 2.60. The molecule has 0 atom stereocenters. The third-order valence-corrected chi connectivity index (χ3v) is 3.39. The second-order valence-electron chi connectivity index (χ2n) is 4.96. The standard InChI is InChI=1S/C18H13ClN2O3/c1-12-7-5-6-10-14(12)23-17-15(11-16(19)20-21-17)24-18(22)13-8-3-2-4-9-13/h2-11H,1H3. The molecule has 120 valence electrons. The van der Waals surface area contributed by atoms with Crippen molar-refractivity contribution in [2.24, 2.45) is 0 Å². The van der Waals surface area contributed by atoms with Gasteiger partial charge in [0, 0.05) is 6.07 Å².